The van der Waals surface area contributed by atoms with Crippen molar-refractivity contribution in [1.82, 2.24) is 14.9 Å². The van der Waals surface area contributed by atoms with Gasteiger partial charge in [0.05, 0.1) is 11.1 Å². The highest BCUT2D eigenvalue weighted by atomic mass is 32.2. The second-order valence-electron chi connectivity index (χ2n) is 10.2. The third-order valence-electron chi connectivity index (χ3n) is 7.88. The fourth-order valence-electron chi connectivity index (χ4n) is 7.18. The average Bonchev–Trinajstić information content (AvgIpc) is 3.28. The minimum atomic E-state index is 0.0216. The van der Waals surface area contributed by atoms with Gasteiger partial charge in [0, 0.05) is 17.0 Å². The number of aryl methyl sites for hydroxylation is 2. The van der Waals surface area contributed by atoms with Crippen LogP contribution in [0.2, 0.25) is 0 Å². The van der Waals surface area contributed by atoms with Gasteiger partial charge in [-0.25, -0.2) is 4.98 Å². The van der Waals surface area contributed by atoms with Crippen molar-refractivity contribution in [1.29, 1.82) is 0 Å². The molecule has 0 aromatic carbocycles. The summed E-state index contributed by atoms with van der Waals surface area (Å²) in [4.78, 5) is 33.2. The molecule has 2 heterocycles. The number of carbonyl (C=O) groups is 1. The summed E-state index contributed by atoms with van der Waals surface area (Å²) in [6.45, 7) is 4.24. The van der Waals surface area contributed by atoms with Crippen molar-refractivity contribution in [2.24, 2.45) is 17.8 Å². The molecule has 2 aromatic rings. The van der Waals surface area contributed by atoms with E-state index >= 15 is 0 Å². The Kier molecular flexibility index (Phi) is 4.83. The number of carbonyl (C=O) groups excluding carboxylic acids is 1. The molecule has 5 aliphatic carbocycles. The van der Waals surface area contributed by atoms with Crippen LogP contribution < -0.4 is 10.9 Å². The fraction of sp³-hybridized carbons (Fsp3) is 0.625. The van der Waals surface area contributed by atoms with Gasteiger partial charge in [-0.1, -0.05) is 17.8 Å². The lowest BCUT2D eigenvalue weighted by Crippen LogP contribution is -2.60. The number of thioether (sulfide) groups is 1. The topological polar surface area (TPSA) is 64.0 Å². The fourth-order valence-corrected chi connectivity index (χ4v) is 9.30. The Balaban J connectivity index is 1.22. The molecule has 0 unspecified atom stereocenters. The van der Waals surface area contributed by atoms with Crippen LogP contribution in [0.25, 0.3) is 10.2 Å². The standard InChI is InChI=1S/C24H29N3O2S2/c1-2-6-27-22(29)20-17-4-3-5-18(17)31-21(20)25-23(27)30-13-19(28)26-24-10-14-7-15(11-24)9-16(8-14)12-24/h2,14-16H,1,3-13H2,(H,26,28). The van der Waals surface area contributed by atoms with Gasteiger partial charge in [0.1, 0.15) is 4.83 Å². The Morgan fingerprint density at radius 2 is 1.94 bits per heavy atom. The van der Waals surface area contributed by atoms with Crippen LogP contribution >= 0.6 is 23.1 Å². The van der Waals surface area contributed by atoms with Crippen molar-refractivity contribution in [2.75, 3.05) is 5.75 Å². The first-order valence-electron chi connectivity index (χ1n) is 11.6. The maximum absolute atomic E-state index is 13.3. The van der Waals surface area contributed by atoms with Crippen molar-refractivity contribution in [2.45, 2.75) is 75.0 Å². The van der Waals surface area contributed by atoms with Gasteiger partial charge in [0.25, 0.3) is 5.56 Å². The molecule has 5 aliphatic rings. The number of nitrogens with zero attached hydrogens (tertiary/aromatic N) is 2. The highest BCUT2D eigenvalue weighted by molar-refractivity contribution is 7.99. The molecule has 2 aromatic heterocycles. The lowest BCUT2D eigenvalue weighted by Gasteiger charge is -2.56. The zero-order valence-corrected chi connectivity index (χ0v) is 19.5. The molecule has 4 bridgehead atoms. The number of fused-ring (bicyclic) bond motifs is 3. The molecule has 4 fully saturated rings. The highest BCUT2D eigenvalue weighted by Crippen LogP contribution is 2.55. The maximum atomic E-state index is 13.3. The summed E-state index contributed by atoms with van der Waals surface area (Å²) in [5.74, 6) is 2.81. The molecule has 0 aliphatic heterocycles. The lowest BCUT2D eigenvalue weighted by atomic mass is 9.53. The molecule has 1 N–H and O–H groups in total. The minimum Gasteiger partial charge on any atom is -0.350 e. The van der Waals surface area contributed by atoms with E-state index in [1.54, 1.807) is 22.0 Å². The number of allylic oxidation sites excluding steroid dienone is 1. The molecule has 0 saturated heterocycles. The first-order valence-corrected chi connectivity index (χ1v) is 13.4. The number of thiophene rings is 1. The summed E-state index contributed by atoms with van der Waals surface area (Å²) in [5, 5.41) is 4.87. The van der Waals surface area contributed by atoms with Crippen LogP contribution in [0.4, 0.5) is 0 Å². The predicted octanol–water partition coefficient (Wildman–Crippen LogP) is 4.31. The maximum Gasteiger partial charge on any atom is 0.263 e. The molecule has 1 amide bonds. The van der Waals surface area contributed by atoms with E-state index in [0.29, 0.717) is 17.5 Å². The summed E-state index contributed by atoms with van der Waals surface area (Å²) in [5.41, 5.74) is 1.25. The van der Waals surface area contributed by atoms with Crippen LogP contribution in [-0.2, 0) is 24.2 Å². The second kappa shape index (κ2) is 7.48. The van der Waals surface area contributed by atoms with Crippen molar-refractivity contribution in [3.05, 3.63) is 33.4 Å². The van der Waals surface area contributed by atoms with Crippen LogP contribution in [0.3, 0.4) is 0 Å². The summed E-state index contributed by atoms with van der Waals surface area (Å²) in [7, 11) is 0. The van der Waals surface area contributed by atoms with Gasteiger partial charge < -0.3 is 5.32 Å². The van der Waals surface area contributed by atoms with Crippen LogP contribution in [-0.4, -0.2) is 26.8 Å². The monoisotopic (exact) mass is 455 g/mol. The number of amides is 1. The summed E-state index contributed by atoms with van der Waals surface area (Å²) in [6.07, 6.45) is 12.4. The van der Waals surface area contributed by atoms with E-state index in [4.69, 9.17) is 4.98 Å². The number of hydrogen-bond acceptors (Lipinski definition) is 5. The molecular formula is C24H29N3O2S2. The normalized spacial score (nSPS) is 30.6. The van der Waals surface area contributed by atoms with Gasteiger partial charge in [-0.2, -0.15) is 0 Å². The SMILES string of the molecule is C=CCn1c(SCC(=O)NC23CC4CC(CC(C4)C2)C3)nc2sc3c(c2c1=O)CCC3. The Labute approximate surface area is 190 Å². The molecule has 7 heteroatoms. The molecule has 164 valence electrons. The number of rotatable bonds is 6. The lowest BCUT2D eigenvalue weighted by molar-refractivity contribution is -0.124. The molecule has 0 radical (unpaired) electrons. The first kappa shape index (κ1) is 20.0. The van der Waals surface area contributed by atoms with Crippen molar-refractivity contribution >= 4 is 39.2 Å². The highest BCUT2D eigenvalue weighted by Gasteiger charge is 2.51. The van der Waals surface area contributed by atoms with E-state index in [2.05, 4.69) is 11.9 Å². The smallest absolute Gasteiger partial charge is 0.263 e. The number of aromatic nitrogens is 2. The van der Waals surface area contributed by atoms with Gasteiger partial charge >= 0.3 is 0 Å². The predicted molar refractivity (Wildman–Crippen MR) is 126 cm³/mol. The van der Waals surface area contributed by atoms with E-state index in [1.807, 2.05) is 0 Å². The average molecular weight is 456 g/mol. The first-order chi connectivity index (χ1) is 15.0. The van der Waals surface area contributed by atoms with Gasteiger partial charge in [-0.05, 0) is 81.1 Å². The molecule has 31 heavy (non-hydrogen) atoms. The Bertz CT molecular complexity index is 1100. The molecule has 7 rings (SSSR count). The quantitative estimate of drug-likeness (QED) is 0.401. The van der Waals surface area contributed by atoms with Gasteiger partial charge in [-0.15, -0.1) is 17.9 Å². The van der Waals surface area contributed by atoms with E-state index in [1.165, 1.54) is 41.5 Å². The summed E-state index contributed by atoms with van der Waals surface area (Å²) >= 11 is 3.05. The Morgan fingerprint density at radius 3 is 2.61 bits per heavy atom. The molecule has 0 atom stereocenters. The number of hydrogen-bond donors (Lipinski definition) is 1. The van der Waals surface area contributed by atoms with Crippen LogP contribution in [0, 0.1) is 17.8 Å². The van der Waals surface area contributed by atoms with E-state index in [0.717, 1.165) is 66.5 Å². The van der Waals surface area contributed by atoms with Crippen molar-refractivity contribution < 1.29 is 4.79 Å². The zero-order valence-electron chi connectivity index (χ0n) is 17.8. The summed E-state index contributed by atoms with van der Waals surface area (Å²) in [6, 6.07) is 0. The van der Waals surface area contributed by atoms with Crippen molar-refractivity contribution in [3.8, 4) is 0 Å². The van der Waals surface area contributed by atoms with Crippen LogP contribution in [0.5, 0.6) is 0 Å². The van der Waals surface area contributed by atoms with Crippen molar-refractivity contribution in [3.63, 3.8) is 0 Å². The summed E-state index contributed by atoms with van der Waals surface area (Å²) < 4.78 is 1.70. The number of nitrogens with one attached hydrogen (secondary N) is 1. The Hall–Kier alpha value is -1.60. The molecule has 4 saturated carbocycles. The largest absolute Gasteiger partial charge is 0.350 e. The van der Waals surface area contributed by atoms with E-state index < -0.39 is 0 Å². The van der Waals surface area contributed by atoms with Gasteiger partial charge in [0.2, 0.25) is 5.91 Å². The van der Waals surface area contributed by atoms with Crippen LogP contribution in [0.15, 0.2) is 22.6 Å². The molecular weight excluding hydrogens is 426 g/mol. The minimum absolute atomic E-state index is 0.0216. The second-order valence-corrected chi connectivity index (χ2v) is 12.2. The van der Waals surface area contributed by atoms with Gasteiger partial charge in [-0.3, -0.25) is 14.2 Å². The Morgan fingerprint density at radius 1 is 1.23 bits per heavy atom. The van der Waals surface area contributed by atoms with E-state index in [-0.39, 0.29) is 17.0 Å². The zero-order chi connectivity index (χ0) is 21.2. The van der Waals surface area contributed by atoms with E-state index in [9.17, 15) is 9.59 Å². The van der Waals surface area contributed by atoms with Crippen LogP contribution in [0.1, 0.15) is 55.4 Å². The third kappa shape index (κ3) is 3.39. The molecule has 5 nitrogen and oxygen atoms in total. The molecule has 0 spiro atoms. The third-order valence-corrected chi connectivity index (χ3v) is 10.0. The van der Waals surface area contributed by atoms with Gasteiger partial charge in [0.15, 0.2) is 5.16 Å².